The number of ether oxygens (including phenoxy) is 4. The number of anilines is 2. The van der Waals surface area contributed by atoms with Gasteiger partial charge in [-0.3, -0.25) is 9.59 Å². The number of carbonyl (C=O) groups is 2. The highest BCUT2D eigenvalue weighted by Gasteiger charge is 2.66. The van der Waals surface area contributed by atoms with Crippen LogP contribution in [0, 0.1) is 5.92 Å². The van der Waals surface area contributed by atoms with Crippen LogP contribution >= 0.6 is 0 Å². The summed E-state index contributed by atoms with van der Waals surface area (Å²) < 4.78 is 23.0. The van der Waals surface area contributed by atoms with Crippen LogP contribution in [0.1, 0.15) is 24.5 Å². The van der Waals surface area contributed by atoms with Crippen LogP contribution in [0.3, 0.4) is 0 Å². The van der Waals surface area contributed by atoms with Gasteiger partial charge in [0.25, 0.3) is 11.8 Å². The molecule has 2 fully saturated rings. The Bertz CT molecular complexity index is 1740. The van der Waals surface area contributed by atoms with E-state index in [1.54, 1.807) is 43.4 Å². The lowest BCUT2D eigenvalue weighted by atomic mass is 9.82. The van der Waals surface area contributed by atoms with Gasteiger partial charge in [0.1, 0.15) is 29.8 Å². The minimum atomic E-state index is -2.35. The second kappa shape index (κ2) is 14.3. The van der Waals surface area contributed by atoms with E-state index in [1.165, 1.54) is 5.19 Å². The van der Waals surface area contributed by atoms with Gasteiger partial charge in [0.2, 0.25) is 0 Å². The van der Waals surface area contributed by atoms with Gasteiger partial charge in [0, 0.05) is 23.8 Å². The molecule has 0 radical (unpaired) electrons. The van der Waals surface area contributed by atoms with E-state index in [0.717, 1.165) is 11.3 Å². The second-order valence-electron chi connectivity index (χ2n) is 14.0. The Hall–Kier alpha value is -3.86. The van der Waals surface area contributed by atoms with E-state index in [0.29, 0.717) is 29.1 Å². The molecule has 3 heterocycles. The highest BCUT2D eigenvalue weighted by atomic mass is 28.3. The third kappa shape index (κ3) is 6.33. The quantitative estimate of drug-likeness (QED) is 0.167. The van der Waals surface area contributed by atoms with Crippen LogP contribution in [0.15, 0.2) is 66.7 Å². The van der Waals surface area contributed by atoms with Crippen molar-refractivity contribution in [1.82, 2.24) is 0 Å². The molecule has 0 aliphatic carbocycles. The van der Waals surface area contributed by atoms with E-state index in [9.17, 15) is 35.1 Å². The number of hydrogen-bond acceptors (Lipinski definition) is 11. The summed E-state index contributed by atoms with van der Waals surface area (Å²) in [6.45, 7) is 6.74. The maximum Gasteiger partial charge on any atom is 0.264 e. The lowest BCUT2D eigenvalue weighted by Gasteiger charge is -2.37. The van der Waals surface area contributed by atoms with Crippen LogP contribution in [-0.2, 0) is 31.2 Å². The van der Waals surface area contributed by atoms with Crippen molar-refractivity contribution in [2.45, 2.75) is 80.9 Å². The smallest absolute Gasteiger partial charge is 0.264 e. The Morgan fingerprint density at radius 3 is 2.20 bits per heavy atom. The Kier molecular flexibility index (Phi) is 10.3. The van der Waals surface area contributed by atoms with Crippen LogP contribution in [0.2, 0.25) is 18.6 Å². The predicted molar refractivity (Wildman–Crippen MR) is 189 cm³/mol. The molecule has 274 valence electrons. The lowest BCUT2D eigenvalue weighted by molar-refractivity contribution is -0.274. The first-order valence-electron chi connectivity index (χ1n) is 17.0. The number of aliphatic hydroxyl groups excluding tert-OH is 5. The minimum Gasteiger partial charge on any atom is -0.497 e. The Morgan fingerprint density at radius 2 is 1.57 bits per heavy atom. The molecule has 6 N–H and O–H groups in total. The SMILES string of the molecule is COc1ccc([Si](C)(C)[C@H]2[C@H](CCO)O[C@@]3(C(=O)N(Cc4ccc(NC(=O)[C@H]5O[C@@H](O)[C@H](O)[C@@H](O)[C@@H]5O)cc4)c4ccc(OC)cc43)[C@@H]2C)cc1. The average molecular weight is 723 g/mol. The second-order valence-corrected chi connectivity index (χ2v) is 18.7. The number of nitrogens with one attached hydrogen (secondary N) is 1. The summed E-state index contributed by atoms with van der Waals surface area (Å²) in [5.74, 6) is 0.0742. The number of methoxy groups -OCH3 is 2. The first-order chi connectivity index (χ1) is 24.3. The number of amides is 2. The van der Waals surface area contributed by atoms with Crippen LogP contribution < -0.4 is 24.9 Å². The molecular formula is C37H46N2O11Si. The van der Waals surface area contributed by atoms with Gasteiger partial charge < -0.3 is 54.7 Å². The molecule has 3 aromatic carbocycles. The summed E-state index contributed by atoms with van der Waals surface area (Å²) in [4.78, 5) is 29.4. The van der Waals surface area contributed by atoms with E-state index in [-0.39, 0.29) is 36.6 Å². The van der Waals surface area contributed by atoms with Gasteiger partial charge >= 0.3 is 0 Å². The summed E-state index contributed by atoms with van der Waals surface area (Å²) in [5, 5.41) is 53.7. The van der Waals surface area contributed by atoms with Crippen molar-refractivity contribution in [3.63, 3.8) is 0 Å². The number of aliphatic hydroxyl groups is 5. The number of fused-ring (bicyclic) bond motifs is 2. The molecule has 13 nitrogen and oxygen atoms in total. The standard InChI is InChI=1S/C37H46N2O11Si/c1-20-33(51(4,5)25-13-10-23(47-2)11-14-25)28(16-17-40)50-37(20)26-18-24(48-3)12-15-27(26)39(36(37)46)19-21-6-8-22(9-7-21)38-34(44)32-30(42)29(41)31(43)35(45)49-32/h6-15,18,20,28-33,35,40-43,45H,16-17,19H2,1-5H3,(H,38,44)/t20-,28+,29+,30+,31-,32+,33-,35-,37+/m1/s1. The van der Waals surface area contributed by atoms with Crippen molar-refractivity contribution in [1.29, 1.82) is 0 Å². The zero-order valence-corrected chi connectivity index (χ0v) is 30.2. The molecule has 0 unspecified atom stereocenters. The van der Waals surface area contributed by atoms with E-state index >= 15 is 0 Å². The van der Waals surface area contributed by atoms with Gasteiger partial charge in [-0.1, -0.05) is 49.5 Å². The number of hydrogen-bond donors (Lipinski definition) is 6. The number of nitrogens with zero attached hydrogens (tertiary/aromatic N) is 1. The predicted octanol–water partition coefficient (Wildman–Crippen LogP) is 1.59. The fraction of sp³-hybridized carbons (Fsp3) is 0.459. The third-order valence-electron chi connectivity index (χ3n) is 10.9. The topological polar surface area (TPSA) is 187 Å². The van der Waals surface area contributed by atoms with Gasteiger partial charge in [-0.25, -0.2) is 0 Å². The highest BCUT2D eigenvalue weighted by molar-refractivity contribution is 6.91. The summed E-state index contributed by atoms with van der Waals surface area (Å²) in [6.07, 6.45) is -8.74. The van der Waals surface area contributed by atoms with Crippen LogP contribution in [0.4, 0.5) is 11.4 Å². The zero-order valence-electron chi connectivity index (χ0n) is 29.2. The molecule has 0 saturated carbocycles. The normalized spacial score (nSPS) is 30.4. The van der Waals surface area contributed by atoms with Gasteiger partial charge in [-0.15, -0.1) is 0 Å². The number of carbonyl (C=O) groups excluding carboxylic acids is 2. The van der Waals surface area contributed by atoms with Crippen molar-refractivity contribution in [3.8, 4) is 11.5 Å². The molecule has 0 aromatic heterocycles. The van der Waals surface area contributed by atoms with Crippen molar-refractivity contribution in [3.05, 3.63) is 77.9 Å². The summed E-state index contributed by atoms with van der Waals surface area (Å²) in [6, 6.07) is 20.4. The van der Waals surface area contributed by atoms with E-state index in [2.05, 4.69) is 37.5 Å². The zero-order chi connectivity index (χ0) is 36.8. The van der Waals surface area contributed by atoms with E-state index in [4.69, 9.17) is 18.9 Å². The maximum absolute atomic E-state index is 14.9. The van der Waals surface area contributed by atoms with Crippen LogP contribution in [0.5, 0.6) is 11.5 Å². The van der Waals surface area contributed by atoms with Crippen molar-refractivity contribution >= 4 is 36.4 Å². The van der Waals surface area contributed by atoms with Gasteiger partial charge in [0.05, 0.1) is 40.6 Å². The molecule has 1 spiro atoms. The van der Waals surface area contributed by atoms with E-state index < -0.39 is 50.3 Å². The molecule has 9 atom stereocenters. The molecule has 14 heteroatoms. The summed E-state index contributed by atoms with van der Waals surface area (Å²) in [7, 11) is 0.861. The average Bonchev–Trinajstić information content (AvgIpc) is 3.55. The molecule has 2 saturated heterocycles. The fourth-order valence-electron chi connectivity index (χ4n) is 8.14. The van der Waals surface area contributed by atoms with Crippen LogP contribution in [0.25, 0.3) is 0 Å². The molecule has 3 aromatic rings. The van der Waals surface area contributed by atoms with Crippen molar-refractivity contribution < 1.29 is 54.1 Å². The molecule has 6 rings (SSSR count). The first-order valence-corrected chi connectivity index (χ1v) is 20.1. The Balaban J connectivity index is 1.28. The van der Waals surface area contributed by atoms with Gasteiger partial charge in [-0.2, -0.15) is 0 Å². The monoisotopic (exact) mass is 722 g/mol. The molecule has 51 heavy (non-hydrogen) atoms. The highest BCUT2D eigenvalue weighted by Crippen LogP contribution is 2.60. The molecule has 2 amide bonds. The molecule has 3 aliphatic rings. The van der Waals surface area contributed by atoms with Crippen LogP contribution in [-0.4, -0.2) is 103 Å². The largest absolute Gasteiger partial charge is 0.497 e. The van der Waals surface area contributed by atoms with Gasteiger partial charge in [-0.05, 0) is 60.0 Å². The first kappa shape index (κ1) is 36.9. The number of rotatable bonds is 10. The molecule has 0 bridgehead atoms. The minimum absolute atomic E-state index is 0.0268. The molecular weight excluding hydrogens is 676 g/mol. The van der Waals surface area contributed by atoms with E-state index in [1.807, 2.05) is 30.3 Å². The Labute approximate surface area is 297 Å². The van der Waals surface area contributed by atoms with Crippen molar-refractivity contribution in [2.24, 2.45) is 5.92 Å². The Morgan fingerprint density at radius 1 is 0.922 bits per heavy atom. The summed E-state index contributed by atoms with van der Waals surface area (Å²) in [5.41, 5.74) is 1.17. The maximum atomic E-state index is 14.9. The van der Waals surface area contributed by atoms with Gasteiger partial charge in [0.15, 0.2) is 18.0 Å². The lowest BCUT2D eigenvalue weighted by Crippen LogP contribution is -2.60. The van der Waals surface area contributed by atoms with Crippen molar-refractivity contribution in [2.75, 3.05) is 31.0 Å². The fourth-order valence-corrected chi connectivity index (χ4v) is 12.2. The molecule has 3 aliphatic heterocycles. The third-order valence-corrected chi connectivity index (χ3v) is 15.2. The summed E-state index contributed by atoms with van der Waals surface area (Å²) >= 11 is 0. The number of benzene rings is 3.